The van der Waals surface area contributed by atoms with Gasteiger partial charge in [0.15, 0.2) is 0 Å². The van der Waals surface area contributed by atoms with Gasteiger partial charge in [-0.1, -0.05) is 133 Å². The molecule has 0 saturated heterocycles. The number of para-hydroxylation sites is 3. The molecule has 1 aliphatic carbocycles. The minimum Gasteiger partial charge on any atom is -0.457 e. The van der Waals surface area contributed by atoms with Crippen LogP contribution in [0, 0.1) is 0 Å². The molecular formula is C45H27N3O. The number of nitrogens with zero attached hydrogens (tertiary/aromatic N) is 3. The first-order valence-electron chi connectivity index (χ1n) is 16.7. The summed E-state index contributed by atoms with van der Waals surface area (Å²) in [4.78, 5) is 10.6. The van der Waals surface area contributed by atoms with Crippen molar-refractivity contribution in [1.82, 2.24) is 14.5 Å². The van der Waals surface area contributed by atoms with Crippen molar-refractivity contribution >= 4 is 32.7 Å². The molecule has 0 amide bonds. The third-order valence-corrected chi connectivity index (χ3v) is 10.5. The molecule has 1 spiro atoms. The van der Waals surface area contributed by atoms with E-state index in [0.29, 0.717) is 5.95 Å². The van der Waals surface area contributed by atoms with Crippen molar-refractivity contribution in [2.75, 3.05) is 0 Å². The number of hydrogen-bond acceptors (Lipinski definition) is 3. The normalized spacial score (nSPS) is 13.6. The Morgan fingerprint density at radius 3 is 1.88 bits per heavy atom. The third-order valence-electron chi connectivity index (χ3n) is 10.5. The Kier molecular flexibility index (Phi) is 5.28. The van der Waals surface area contributed by atoms with Crippen LogP contribution in [0.25, 0.3) is 61.0 Å². The molecule has 2 aliphatic rings. The van der Waals surface area contributed by atoms with Gasteiger partial charge in [0.25, 0.3) is 0 Å². The van der Waals surface area contributed by atoms with Crippen LogP contribution in [0.3, 0.4) is 0 Å². The molecule has 4 nitrogen and oxygen atoms in total. The molecule has 11 rings (SSSR count). The van der Waals surface area contributed by atoms with Crippen LogP contribution in [0.2, 0.25) is 0 Å². The van der Waals surface area contributed by atoms with Crippen LogP contribution in [-0.2, 0) is 5.41 Å². The van der Waals surface area contributed by atoms with Crippen molar-refractivity contribution in [1.29, 1.82) is 0 Å². The molecule has 0 atom stereocenters. The molecule has 0 fully saturated rings. The molecule has 9 aromatic rings. The van der Waals surface area contributed by atoms with Crippen LogP contribution >= 0.6 is 0 Å². The number of fused-ring (bicyclic) bond motifs is 13. The van der Waals surface area contributed by atoms with Gasteiger partial charge in [0.05, 0.1) is 27.7 Å². The van der Waals surface area contributed by atoms with E-state index in [0.717, 1.165) is 66.6 Å². The Morgan fingerprint density at radius 1 is 0.449 bits per heavy atom. The van der Waals surface area contributed by atoms with Crippen LogP contribution in [0.5, 0.6) is 11.5 Å². The second kappa shape index (κ2) is 9.75. The van der Waals surface area contributed by atoms with Gasteiger partial charge in [0.2, 0.25) is 5.95 Å². The van der Waals surface area contributed by atoms with Crippen molar-refractivity contribution in [3.8, 4) is 39.8 Å². The minimum absolute atomic E-state index is 0.563. The van der Waals surface area contributed by atoms with Crippen LogP contribution in [-0.4, -0.2) is 14.5 Å². The fraction of sp³-hybridized carbons (Fsp3) is 0.0222. The predicted molar refractivity (Wildman–Crippen MR) is 197 cm³/mol. The van der Waals surface area contributed by atoms with Crippen molar-refractivity contribution < 1.29 is 4.74 Å². The van der Waals surface area contributed by atoms with Crippen LogP contribution in [0.15, 0.2) is 164 Å². The lowest BCUT2D eigenvalue weighted by atomic mass is 9.66. The van der Waals surface area contributed by atoms with E-state index in [9.17, 15) is 0 Å². The van der Waals surface area contributed by atoms with E-state index in [-0.39, 0.29) is 0 Å². The lowest BCUT2D eigenvalue weighted by Gasteiger charge is -2.39. The summed E-state index contributed by atoms with van der Waals surface area (Å²) in [5, 5.41) is 3.25. The van der Waals surface area contributed by atoms with Crippen LogP contribution < -0.4 is 4.74 Å². The van der Waals surface area contributed by atoms with Crippen molar-refractivity contribution in [3.63, 3.8) is 0 Å². The summed E-state index contributed by atoms with van der Waals surface area (Å²) < 4.78 is 9.10. The van der Waals surface area contributed by atoms with E-state index in [2.05, 4.69) is 156 Å². The van der Waals surface area contributed by atoms with E-state index in [4.69, 9.17) is 14.7 Å². The highest BCUT2D eigenvalue weighted by Gasteiger charge is 2.51. The molecule has 3 heterocycles. The van der Waals surface area contributed by atoms with E-state index in [1.807, 2.05) is 12.1 Å². The molecular weight excluding hydrogens is 599 g/mol. The van der Waals surface area contributed by atoms with E-state index in [1.54, 1.807) is 0 Å². The van der Waals surface area contributed by atoms with Crippen molar-refractivity contribution in [2.24, 2.45) is 0 Å². The number of aromatic nitrogens is 3. The first-order valence-corrected chi connectivity index (χ1v) is 16.7. The van der Waals surface area contributed by atoms with Crippen LogP contribution in [0.1, 0.15) is 22.3 Å². The summed E-state index contributed by atoms with van der Waals surface area (Å²) in [7, 11) is 0. The Hall–Kier alpha value is -6.52. The largest absolute Gasteiger partial charge is 0.457 e. The lowest BCUT2D eigenvalue weighted by molar-refractivity contribution is 0.437. The third kappa shape index (κ3) is 3.47. The monoisotopic (exact) mass is 625 g/mol. The van der Waals surface area contributed by atoms with Gasteiger partial charge in [-0.05, 0) is 52.6 Å². The fourth-order valence-electron chi connectivity index (χ4n) is 8.51. The quantitative estimate of drug-likeness (QED) is 0.192. The standard InChI is InChI=1S/C45H27N3O/c1-2-14-28(15-3-1)43-32-19-6-11-23-38(32)46-44(47-43)48-39-24-12-7-18-31(39)33-26-42-37(27-40(33)48)45(36-22-10-13-25-41(36)49-42)34-20-8-4-16-29(34)30-17-5-9-21-35(30)45/h1-27H. The number of benzene rings is 7. The molecule has 2 aromatic heterocycles. The second-order valence-electron chi connectivity index (χ2n) is 12.9. The van der Waals surface area contributed by atoms with E-state index < -0.39 is 5.41 Å². The smallest absolute Gasteiger partial charge is 0.235 e. The molecule has 0 N–H and O–H groups in total. The van der Waals surface area contributed by atoms with Gasteiger partial charge >= 0.3 is 0 Å². The van der Waals surface area contributed by atoms with Crippen molar-refractivity contribution in [2.45, 2.75) is 5.41 Å². The SMILES string of the molecule is c1ccc(-c2nc(-n3c4ccccc4c4cc5c(cc43)C3(c4ccccc4O5)c4ccccc4-c4ccccc43)nc3ccccc23)cc1. The van der Waals surface area contributed by atoms with Gasteiger partial charge < -0.3 is 4.74 Å². The average Bonchev–Trinajstić information content (AvgIpc) is 3.65. The zero-order chi connectivity index (χ0) is 32.1. The highest BCUT2D eigenvalue weighted by Crippen LogP contribution is 2.62. The molecule has 4 heteroatoms. The predicted octanol–water partition coefficient (Wildman–Crippen LogP) is 10.9. The first kappa shape index (κ1) is 26.5. The summed E-state index contributed by atoms with van der Waals surface area (Å²) in [5.41, 5.74) is 11.7. The molecule has 0 unspecified atom stereocenters. The molecule has 0 saturated carbocycles. The zero-order valence-corrected chi connectivity index (χ0v) is 26.3. The maximum absolute atomic E-state index is 6.86. The Labute approximate surface area is 282 Å². The lowest BCUT2D eigenvalue weighted by Crippen LogP contribution is -2.32. The van der Waals surface area contributed by atoms with Gasteiger partial charge in [-0.2, -0.15) is 0 Å². The van der Waals surface area contributed by atoms with Gasteiger partial charge in [0.1, 0.15) is 11.5 Å². The maximum atomic E-state index is 6.86. The molecule has 0 radical (unpaired) electrons. The van der Waals surface area contributed by atoms with Gasteiger partial charge in [-0.15, -0.1) is 0 Å². The fourth-order valence-corrected chi connectivity index (χ4v) is 8.51. The van der Waals surface area contributed by atoms with E-state index >= 15 is 0 Å². The summed E-state index contributed by atoms with van der Waals surface area (Å²) >= 11 is 0. The number of hydrogen-bond donors (Lipinski definition) is 0. The number of ether oxygens (including phenoxy) is 1. The Morgan fingerprint density at radius 2 is 1.08 bits per heavy atom. The van der Waals surface area contributed by atoms with Crippen molar-refractivity contribution in [3.05, 3.63) is 186 Å². The Bertz CT molecular complexity index is 2770. The topological polar surface area (TPSA) is 39.9 Å². The molecule has 49 heavy (non-hydrogen) atoms. The molecule has 0 bridgehead atoms. The summed E-state index contributed by atoms with van der Waals surface area (Å²) in [5.74, 6) is 2.39. The van der Waals surface area contributed by atoms with Gasteiger partial charge in [-0.3, -0.25) is 4.57 Å². The minimum atomic E-state index is -0.563. The van der Waals surface area contributed by atoms with Crippen LogP contribution in [0.4, 0.5) is 0 Å². The summed E-state index contributed by atoms with van der Waals surface area (Å²) in [6, 6.07) is 58.0. The van der Waals surface area contributed by atoms with Gasteiger partial charge in [0, 0.05) is 32.8 Å². The second-order valence-corrected chi connectivity index (χ2v) is 12.9. The number of rotatable bonds is 2. The maximum Gasteiger partial charge on any atom is 0.235 e. The molecule has 7 aromatic carbocycles. The summed E-state index contributed by atoms with van der Waals surface area (Å²) in [6.07, 6.45) is 0. The molecule has 228 valence electrons. The highest BCUT2D eigenvalue weighted by molar-refractivity contribution is 6.10. The van der Waals surface area contributed by atoms with Gasteiger partial charge in [-0.25, -0.2) is 9.97 Å². The first-order chi connectivity index (χ1) is 24.3. The Balaban J connectivity index is 1.29. The average molecular weight is 626 g/mol. The summed E-state index contributed by atoms with van der Waals surface area (Å²) in [6.45, 7) is 0. The molecule has 1 aliphatic heterocycles. The van der Waals surface area contributed by atoms with E-state index in [1.165, 1.54) is 22.3 Å². The zero-order valence-electron chi connectivity index (χ0n) is 26.3. The highest BCUT2D eigenvalue weighted by atomic mass is 16.5.